The maximum atomic E-state index is 8.36. The van der Waals surface area contributed by atoms with Gasteiger partial charge in [-0.15, -0.1) is 10.1 Å². The van der Waals surface area contributed by atoms with Crippen LogP contribution in [0.2, 0.25) is 0 Å². The molecule has 6 heavy (non-hydrogen) atoms. The quantitative estimate of drug-likeness (QED) is 0.316. The maximum absolute atomic E-state index is 8.36. The molecular weight excluding hydrogens is 181 g/mol. The second-order valence-corrected chi connectivity index (χ2v) is 0.238. The molecule has 1 N–H and O–H groups in total. The molecule has 1 radical (unpaired) electrons. The molecule has 0 saturated carbocycles. The van der Waals surface area contributed by atoms with Crippen molar-refractivity contribution in [3.63, 3.8) is 0 Å². The van der Waals surface area contributed by atoms with E-state index in [4.69, 9.17) is 15.3 Å². The molecule has 0 amide bonds. The van der Waals surface area contributed by atoms with Crippen LogP contribution >= 0.6 is 0 Å². The molecule has 0 aliphatic rings. The first-order chi connectivity index (χ1) is 1.73. The number of nitrogens with zero attached hydrogens (tertiary/aromatic N) is 1. The molecule has 0 unspecified atom stereocenters. The Morgan fingerprint density at radius 2 is 1.67 bits per heavy atom. The third-order valence-electron chi connectivity index (χ3n) is 0. The van der Waals surface area contributed by atoms with Gasteiger partial charge in [0.15, 0.2) is 0 Å². The summed E-state index contributed by atoms with van der Waals surface area (Å²) >= 11 is 0. The summed E-state index contributed by atoms with van der Waals surface area (Å²) in [5.41, 5.74) is 0. The van der Waals surface area contributed by atoms with Crippen LogP contribution in [0.25, 0.3) is 0 Å². The van der Waals surface area contributed by atoms with Crippen LogP contribution in [-0.2, 0) is 34.1 Å². The third-order valence-corrected chi connectivity index (χ3v) is 0. The summed E-state index contributed by atoms with van der Waals surface area (Å²) in [6.45, 7) is 0. The van der Waals surface area contributed by atoms with Crippen molar-refractivity contribution >= 4 is 0 Å². The van der Waals surface area contributed by atoms with E-state index in [1.54, 1.807) is 0 Å². The Hall–Kier alpha value is 0.239. The van der Waals surface area contributed by atoms with E-state index >= 15 is 0 Å². The summed E-state index contributed by atoms with van der Waals surface area (Å²) in [5.74, 6) is 0. The first-order valence-corrected chi connectivity index (χ1v) is 0.565. The van der Waals surface area contributed by atoms with Gasteiger partial charge in [-0.25, -0.2) is 0 Å². The van der Waals surface area contributed by atoms with Gasteiger partial charge >= 0.3 is 0 Å². The minimum atomic E-state index is -1.50. The summed E-state index contributed by atoms with van der Waals surface area (Å²) in [7, 11) is 0. The van der Waals surface area contributed by atoms with Crippen molar-refractivity contribution in [1.82, 2.24) is 0 Å². The summed E-state index contributed by atoms with van der Waals surface area (Å²) in [6, 6.07) is 0. The van der Waals surface area contributed by atoms with Crippen molar-refractivity contribution in [2.75, 3.05) is 0 Å². The zero-order valence-corrected chi connectivity index (χ0v) is 4.41. The van der Waals surface area contributed by atoms with Gasteiger partial charge in [0.1, 0.15) is 0 Å². The van der Waals surface area contributed by atoms with Crippen LogP contribution in [0.15, 0.2) is 0 Å². The van der Waals surface area contributed by atoms with Gasteiger partial charge in [0.05, 0.1) is 0 Å². The van der Waals surface area contributed by atoms with Crippen molar-refractivity contribution < 1.29 is 44.4 Å². The molecule has 0 spiro atoms. The smallest absolute Gasteiger partial charge is 0.291 e. The van der Waals surface area contributed by atoms with E-state index in [1.807, 2.05) is 0 Å². The van der Waals surface area contributed by atoms with Crippen LogP contribution in [0.4, 0.5) is 0 Å². The Kier molecular flexibility index (Phi) is 24.4. The van der Waals surface area contributed by atoms with Gasteiger partial charge < -0.3 is 5.21 Å². The number of rotatable bonds is 0. The SMILES string of the molecule is O=[N+]([O-])O.[Cu].[Fe]. The Bertz CT molecular complexity index is 33.8. The van der Waals surface area contributed by atoms with Gasteiger partial charge in [-0.2, -0.15) is 0 Å². The van der Waals surface area contributed by atoms with E-state index in [0.717, 1.165) is 0 Å². The minimum absolute atomic E-state index is 0. The van der Waals surface area contributed by atoms with Crippen molar-refractivity contribution in [3.05, 3.63) is 10.1 Å². The first-order valence-electron chi connectivity index (χ1n) is 0.565. The summed E-state index contributed by atoms with van der Waals surface area (Å²) in [6.07, 6.45) is 0. The average Bonchev–Trinajstić information content (AvgIpc) is 0.811. The van der Waals surface area contributed by atoms with Crippen molar-refractivity contribution in [3.8, 4) is 0 Å². The molecule has 0 bridgehead atoms. The Labute approximate surface area is 55.0 Å². The van der Waals surface area contributed by atoms with Gasteiger partial charge in [-0.05, 0) is 0 Å². The Morgan fingerprint density at radius 3 is 1.67 bits per heavy atom. The van der Waals surface area contributed by atoms with Gasteiger partial charge in [-0.1, -0.05) is 0 Å². The van der Waals surface area contributed by atoms with Crippen LogP contribution in [-0.4, -0.2) is 10.3 Å². The molecule has 0 aliphatic heterocycles. The van der Waals surface area contributed by atoms with E-state index in [0.29, 0.717) is 0 Å². The van der Waals surface area contributed by atoms with Crippen LogP contribution in [0, 0.1) is 10.1 Å². The van der Waals surface area contributed by atoms with Crippen molar-refractivity contribution in [2.24, 2.45) is 0 Å². The second-order valence-electron chi connectivity index (χ2n) is 0.238. The van der Waals surface area contributed by atoms with Gasteiger partial charge in [0.25, 0.3) is 5.09 Å². The number of hydrogen-bond donors (Lipinski definition) is 1. The van der Waals surface area contributed by atoms with Crippen molar-refractivity contribution in [1.29, 1.82) is 0 Å². The summed E-state index contributed by atoms with van der Waals surface area (Å²) in [5, 5.41) is 13.6. The van der Waals surface area contributed by atoms with Gasteiger partial charge in [-0.3, -0.25) is 0 Å². The first kappa shape index (κ1) is 16.3. The molecular formula is HCuFeNO3. The predicted octanol–water partition coefficient (Wildman–Crippen LogP) is -0.353. The predicted molar refractivity (Wildman–Crippen MR) is 8.78 cm³/mol. The molecule has 6 heteroatoms. The van der Waals surface area contributed by atoms with E-state index in [-0.39, 0.29) is 34.1 Å². The van der Waals surface area contributed by atoms with E-state index < -0.39 is 5.09 Å². The van der Waals surface area contributed by atoms with E-state index in [9.17, 15) is 0 Å². The van der Waals surface area contributed by atoms with Gasteiger partial charge in [0, 0.05) is 34.1 Å². The third kappa shape index (κ3) is 779. The Morgan fingerprint density at radius 1 is 1.67 bits per heavy atom. The molecule has 0 rings (SSSR count). The molecule has 0 aromatic rings. The molecule has 4 nitrogen and oxygen atoms in total. The molecule has 0 aliphatic carbocycles. The van der Waals surface area contributed by atoms with Crippen LogP contribution in [0.5, 0.6) is 0 Å². The average molecular weight is 182 g/mol. The summed E-state index contributed by atoms with van der Waals surface area (Å²) in [4.78, 5) is 8.36. The van der Waals surface area contributed by atoms with Gasteiger partial charge in [0.2, 0.25) is 0 Å². The molecule has 0 heterocycles. The normalized spacial score (nSPS) is 4.00. The topological polar surface area (TPSA) is 63.4 Å². The fourth-order valence-corrected chi connectivity index (χ4v) is 0. The molecule has 43 valence electrons. The molecule has 0 fully saturated rings. The second kappa shape index (κ2) is 8.97. The van der Waals surface area contributed by atoms with Crippen LogP contribution < -0.4 is 0 Å². The molecule has 0 aromatic carbocycles. The minimum Gasteiger partial charge on any atom is -0.328 e. The van der Waals surface area contributed by atoms with Crippen molar-refractivity contribution in [2.45, 2.75) is 0 Å². The van der Waals surface area contributed by atoms with Crippen LogP contribution in [0.1, 0.15) is 0 Å². The number of hydrogen-bond acceptors (Lipinski definition) is 2. The van der Waals surface area contributed by atoms with Crippen LogP contribution in [0.3, 0.4) is 0 Å². The largest absolute Gasteiger partial charge is 0.328 e. The van der Waals surface area contributed by atoms with E-state index in [1.165, 1.54) is 0 Å². The fourth-order valence-electron chi connectivity index (χ4n) is 0. The Balaban J connectivity index is -0.0000000450. The zero-order valence-electron chi connectivity index (χ0n) is 2.37. The monoisotopic (exact) mass is 182 g/mol. The van der Waals surface area contributed by atoms with E-state index in [2.05, 4.69) is 0 Å². The molecule has 0 aromatic heterocycles. The zero-order chi connectivity index (χ0) is 3.58. The standard InChI is InChI=1S/Cu.Fe.HNO3/c;;2-1(3)4/h;;(H,2,3,4). The summed E-state index contributed by atoms with van der Waals surface area (Å²) < 4.78 is 0. The molecule has 0 saturated heterocycles. The molecule has 0 atom stereocenters. The maximum Gasteiger partial charge on any atom is 0.291 e. The fraction of sp³-hybridized carbons (Fsp3) is 0.